The number of phenols is 2. The Morgan fingerprint density at radius 1 is 0.714 bits per heavy atom. The van der Waals surface area contributed by atoms with Gasteiger partial charge in [0.1, 0.15) is 11.5 Å². The minimum absolute atomic E-state index is 0.211. The largest absolute Gasteiger partial charge is 0.508 e. The van der Waals surface area contributed by atoms with E-state index < -0.39 is 0 Å². The van der Waals surface area contributed by atoms with Crippen LogP contribution in [0.1, 0.15) is 0 Å². The Kier molecular flexibility index (Phi) is 3.43. The Labute approximate surface area is 122 Å². The van der Waals surface area contributed by atoms with Crippen molar-refractivity contribution in [1.82, 2.24) is 4.98 Å². The predicted molar refractivity (Wildman–Crippen MR) is 82.7 cm³/mol. The normalized spacial score (nSPS) is 10.3. The molecule has 0 bridgehead atoms. The van der Waals surface area contributed by atoms with Gasteiger partial charge in [-0.25, -0.2) is 0 Å². The molecule has 1 aromatic heterocycles. The lowest BCUT2D eigenvalue weighted by atomic mass is 10.1. The number of hydrogen-bond donors (Lipinski definition) is 3. The molecule has 0 fully saturated rings. The highest BCUT2D eigenvalue weighted by Gasteiger charge is 2.01. The van der Waals surface area contributed by atoms with Crippen LogP contribution >= 0.6 is 0 Å². The lowest BCUT2D eigenvalue weighted by Gasteiger charge is -2.08. The maximum atomic E-state index is 9.47. The number of aromatic nitrogens is 1. The molecule has 0 radical (unpaired) electrons. The van der Waals surface area contributed by atoms with Gasteiger partial charge in [-0.15, -0.1) is 0 Å². The second kappa shape index (κ2) is 5.54. The molecule has 4 heteroatoms. The molecule has 0 aliphatic rings. The average molecular weight is 278 g/mol. The molecule has 104 valence electrons. The highest BCUT2D eigenvalue weighted by molar-refractivity contribution is 5.70. The number of anilines is 2. The Hall–Kier alpha value is -3.01. The van der Waals surface area contributed by atoms with E-state index in [1.807, 2.05) is 24.3 Å². The second-order valence-electron chi connectivity index (χ2n) is 4.68. The average Bonchev–Trinajstić information content (AvgIpc) is 2.48. The predicted octanol–water partition coefficient (Wildman–Crippen LogP) is 3.90. The SMILES string of the molecule is Oc1ccc(-c2cncc(Nc3cccc(O)c3)c2)cc1. The highest BCUT2D eigenvalue weighted by Crippen LogP contribution is 2.26. The van der Waals surface area contributed by atoms with Gasteiger partial charge in [0, 0.05) is 23.5 Å². The van der Waals surface area contributed by atoms with Crippen molar-refractivity contribution in [2.24, 2.45) is 0 Å². The zero-order chi connectivity index (χ0) is 14.7. The van der Waals surface area contributed by atoms with Crippen LogP contribution in [-0.4, -0.2) is 15.2 Å². The summed E-state index contributed by atoms with van der Waals surface area (Å²) in [5, 5.41) is 22.0. The molecule has 0 unspecified atom stereocenters. The Bertz CT molecular complexity index is 755. The maximum Gasteiger partial charge on any atom is 0.117 e. The van der Waals surface area contributed by atoms with E-state index in [9.17, 15) is 10.2 Å². The van der Waals surface area contributed by atoms with E-state index in [0.29, 0.717) is 0 Å². The summed E-state index contributed by atoms with van der Waals surface area (Å²) in [6, 6.07) is 15.8. The van der Waals surface area contributed by atoms with Crippen LogP contribution in [0.25, 0.3) is 11.1 Å². The fraction of sp³-hybridized carbons (Fsp3) is 0. The standard InChI is InChI=1S/C17H14N2O2/c20-16-6-4-12(5-7-16)13-8-15(11-18-10-13)19-14-2-1-3-17(21)9-14/h1-11,19-21H. The van der Waals surface area contributed by atoms with Gasteiger partial charge in [-0.2, -0.15) is 0 Å². The van der Waals surface area contributed by atoms with Crippen LogP contribution in [0.4, 0.5) is 11.4 Å². The summed E-state index contributed by atoms with van der Waals surface area (Å²) in [4.78, 5) is 4.21. The fourth-order valence-electron chi connectivity index (χ4n) is 2.07. The molecule has 0 aliphatic heterocycles. The van der Waals surface area contributed by atoms with Crippen molar-refractivity contribution >= 4 is 11.4 Å². The number of rotatable bonds is 3. The van der Waals surface area contributed by atoms with Gasteiger partial charge >= 0.3 is 0 Å². The van der Waals surface area contributed by atoms with Gasteiger partial charge in [0.05, 0.1) is 11.9 Å². The van der Waals surface area contributed by atoms with Crippen LogP contribution in [-0.2, 0) is 0 Å². The first-order valence-corrected chi connectivity index (χ1v) is 6.51. The first-order valence-electron chi connectivity index (χ1n) is 6.51. The Morgan fingerprint density at radius 2 is 1.52 bits per heavy atom. The minimum atomic E-state index is 0.211. The third-order valence-corrected chi connectivity index (χ3v) is 3.07. The number of benzene rings is 2. The summed E-state index contributed by atoms with van der Waals surface area (Å²) in [6.45, 7) is 0. The van der Waals surface area contributed by atoms with E-state index in [1.54, 1.807) is 42.7 Å². The topological polar surface area (TPSA) is 65.4 Å². The molecular formula is C17H14N2O2. The Morgan fingerprint density at radius 3 is 2.29 bits per heavy atom. The number of hydrogen-bond acceptors (Lipinski definition) is 4. The lowest BCUT2D eigenvalue weighted by molar-refractivity contribution is 0.475. The van der Waals surface area contributed by atoms with Crippen molar-refractivity contribution in [3.05, 3.63) is 67.0 Å². The summed E-state index contributed by atoms with van der Waals surface area (Å²) in [5.41, 5.74) is 3.53. The number of nitrogens with zero attached hydrogens (tertiary/aromatic N) is 1. The number of phenolic OH excluding ortho intramolecular Hbond substituents is 2. The molecule has 0 amide bonds. The van der Waals surface area contributed by atoms with Gasteiger partial charge in [-0.05, 0) is 35.9 Å². The summed E-state index contributed by atoms with van der Waals surface area (Å²) >= 11 is 0. The van der Waals surface area contributed by atoms with Gasteiger partial charge in [-0.1, -0.05) is 18.2 Å². The van der Waals surface area contributed by atoms with Crippen LogP contribution in [0, 0.1) is 0 Å². The molecule has 3 rings (SSSR count). The van der Waals surface area contributed by atoms with Crippen LogP contribution in [0.15, 0.2) is 67.0 Å². The molecule has 21 heavy (non-hydrogen) atoms. The van der Waals surface area contributed by atoms with Crippen molar-refractivity contribution in [3.63, 3.8) is 0 Å². The molecule has 4 nitrogen and oxygen atoms in total. The van der Waals surface area contributed by atoms with Crippen molar-refractivity contribution in [2.45, 2.75) is 0 Å². The van der Waals surface area contributed by atoms with Crippen molar-refractivity contribution in [2.75, 3.05) is 5.32 Å². The summed E-state index contributed by atoms with van der Waals surface area (Å²) in [5.74, 6) is 0.448. The molecule has 2 aromatic carbocycles. The van der Waals surface area contributed by atoms with E-state index in [4.69, 9.17) is 0 Å². The first-order chi connectivity index (χ1) is 10.2. The Balaban J connectivity index is 1.88. The van der Waals surface area contributed by atoms with Gasteiger partial charge < -0.3 is 15.5 Å². The molecule has 0 saturated carbocycles. The molecule has 0 aliphatic carbocycles. The summed E-state index contributed by atoms with van der Waals surface area (Å²) in [7, 11) is 0. The number of nitrogens with one attached hydrogen (secondary N) is 1. The van der Waals surface area contributed by atoms with E-state index in [2.05, 4.69) is 10.3 Å². The van der Waals surface area contributed by atoms with Crippen LogP contribution < -0.4 is 5.32 Å². The van der Waals surface area contributed by atoms with Crippen LogP contribution in [0.2, 0.25) is 0 Å². The molecule has 0 saturated heterocycles. The molecule has 0 spiro atoms. The molecule has 0 atom stereocenters. The zero-order valence-electron chi connectivity index (χ0n) is 11.2. The molecule has 1 heterocycles. The highest BCUT2D eigenvalue weighted by atomic mass is 16.3. The quantitative estimate of drug-likeness (QED) is 0.679. The van der Waals surface area contributed by atoms with Crippen molar-refractivity contribution < 1.29 is 10.2 Å². The van der Waals surface area contributed by atoms with E-state index in [0.717, 1.165) is 22.5 Å². The van der Waals surface area contributed by atoms with Gasteiger partial charge in [0.2, 0.25) is 0 Å². The summed E-state index contributed by atoms with van der Waals surface area (Å²) < 4.78 is 0. The van der Waals surface area contributed by atoms with Gasteiger partial charge in [0.25, 0.3) is 0 Å². The maximum absolute atomic E-state index is 9.47. The lowest BCUT2D eigenvalue weighted by Crippen LogP contribution is -1.91. The van der Waals surface area contributed by atoms with E-state index >= 15 is 0 Å². The third kappa shape index (κ3) is 3.12. The molecule has 3 aromatic rings. The third-order valence-electron chi connectivity index (χ3n) is 3.07. The van der Waals surface area contributed by atoms with Crippen LogP contribution in [0.5, 0.6) is 11.5 Å². The smallest absolute Gasteiger partial charge is 0.117 e. The molecular weight excluding hydrogens is 264 g/mol. The fourth-order valence-corrected chi connectivity index (χ4v) is 2.07. The molecule has 3 N–H and O–H groups in total. The van der Waals surface area contributed by atoms with Crippen molar-refractivity contribution in [1.29, 1.82) is 0 Å². The number of aromatic hydroxyl groups is 2. The number of pyridine rings is 1. The zero-order valence-corrected chi connectivity index (χ0v) is 11.2. The van der Waals surface area contributed by atoms with Gasteiger partial charge in [-0.3, -0.25) is 4.98 Å². The minimum Gasteiger partial charge on any atom is -0.508 e. The van der Waals surface area contributed by atoms with Crippen LogP contribution in [0.3, 0.4) is 0 Å². The monoisotopic (exact) mass is 278 g/mol. The summed E-state index contributed by atoms with van der Waals surface area (Å²) in [6.07, 6.45) is 3.48. The van der Waals surface area contributed by atoms with Crippen molar-refractivity contribution in [3.8, 4) is 22.6 Å². The second-order valence-corrected chi connectivity index (χ2v) is 4.68. The van der Waals surface area contributed by atoms with E-state index in [1.165, 1.54) is 0 Å². The van der Waals surface area contributed by atoms with Gasteiger partial charge in [0.15, 0.2) is 0 Å². The first kappa shape index (κ1) is 13.0. The van der Waals surface area contributed by atoms with E-state index in [-0.39, 0.29) is 11.5 Å².